The molecule has 0 unspecified atom stereocenters. The summed E-state index contributed by atoms with van der Waals surface area (Å²) in [5.41, 5.74) is 7.21. The van der Waals surface area contributed by atoms with Crippen LogP contribution in [-0.4, -0.2) is 52.0 Å². The van der Waals surface area contributed by atoms with E-state index in [1.54, 1.807) is 25.5 Å². The molecular weight excluding hydrogens is 479 g/mol. The van der Waals surface area contributed by atoms with Crippen LogP contribution in [0.2, 0.25) is 0 Å². The van der Waals surface area contributed by atoms with Crippen LogP contribution >= 0.6 is 0 Å². The number of pyridine rings is 1. The number of methoxy groups -OCH3 is 1. The number of nitrogens with zero attached hydrogens (tertiary/aromatic N) is 3. The van der Waals surface area contributed by atoms with Gasteiger partial charge in [-0.1, -0.05) is 6.92 Å². The van der Waals surface area contributed by atoms with E-state index in [0.717, 1.165) is 22.7 Å². The Morgan fingerprint density at radius 1 is 1.22 bits per heavy atom. The van der Waals surface area contributed by atoms with Crippen molar-refractivity contribution in [3.63, 3.8) is 0 Å². The molecule has 2 aromatic heterocycles. The van der Waals surface area contributed by atoms with Crippen molar-refractivity contribution in [2.45, 2.75) is 52.7 Å². The van der Waals surface area contributed by atoms with Gasteiger partial charge in [-0.15, -0.1) is 0 Å². The number of aromatic nitrogens is 3. The zero-order valence-corrected chi connectivity index (χ0v) is 22.3. The lowest BCUT2D eigenvalue weighted by Crippen LogP contribution is -2.35. The number of carbonyl (C=O) groups excluding carboxylic acids is 2. The molecule has 3 aromatic rings. The van der Waals surface area contributed by atoms with E-state index in [-0.39, 0.29) is 42.1 Å². The number of amides is 1. The quantitative estimate of drug-likeness (QED) is 0.345. The molecule has 0 saturated carbocycles. The van der Waals surface area contributed by atoms with Gasteiger partial charge in [-0.2, -0.15) is 5.10 Å². The topological polar surface area (TPSA) is 133 Å². The number of nitrogens with one attached hydrogen (secondary N) is 2. The highest BCUT2D eigenvalue weighted by atomic mass is 19.1. The minimum absolute atomic E-state index is 0.0910. The molecule has 4 N–H and O–H groups in total. The Morgan fingerprint density at radius 3 is 2.54 bits per heavy atom. The predicted molar refractivity (Wildman–Crippen MR) is 140 cm³/mol. The highest BCUT2D eigenvalue weighted by molar-refractivity contribution is 5.99. The fourth-order valence-corrected chi connectivity index (χ4v) is 4.02. The minimum atomic E-state index is -0.828. The van der Waals surface area contributed by atoms with E-state index < -0.39 is 23.4 Å². The Bertz CT molecular complexity index is 1300. The number of esters is 1. The maximum atomic E-state index is 15.0. The number of carbonyl (C=O) groups is 2. The molecule has 2 heterocycles. The molecule has 1 aromatic carbocycles. The first-order valence-corrected chi connectivity index (χ1v) is 12.0. The molecule has 0 spiro atoms. The summed E-state index contributed by atoms with van der Waals surface area (Å²) in [6.45, 7) is 9.29. The number of nitrogens with two attached hydrogens (primary N) is 1. The molecule has 200 valence electrons. The van der Waals surface area contributed by atoms with E-state index in [9.17, 15) is 9.59 Å². The van der Waals surface area contributed by atoms with E-state index >= 15 is 4.39 Å². The van der Waals surface area contributed by atoms with Crippen LogP contribution in [0, 0.1) is 18.7 Å². The van der Waals surface area contributed by atoms with Crippen molar-refractivity contribution in [1.82, 2.24) is 14.8 Å². The van der Waals surface area contributed by atoms with Gasteiger partial charge in [0, 0.05) is 25.2 Å². The summed E-state index contributed by atoms with van der Waals surface area (Å²) in [7, 11) is 3.37. The van der Waals surface area contributed by atoms with Crippen LogP contribution in [0.15, 0.2) is 24.3 Å². The molecule has 0 saturated heterocycles. The third kappa shape index (κ3) is 6.94. The van der Waals surface area contributed by atoms with E-state index in [0.29, 0.717) is 5.69 Å². The zero-order valence-electron chi connectivity index (χ0n) is 22.3. The third-order valence-corrected chi connectivity index (χ3v) is 5.80. The van der Waals surface area contributed by atoms with Gasteiger partial charge in [-0.25, -0.2) is 9.37 Å². The monoisotopic (exact) mass is 514 g/mol. The van der Waals surface area contributed by atoms with Crippen LogP contribution in [0.5, 0.6) is 0 Å². The molecule has 1 amide bonds. The Labute approximate surface area is 215 Å². The standard InChI is InChI=1S/C26H35FN6O4/c1-14(10-22(34)37-26(3,4)5)20(13-36-7)30-25-19(27)12-18(23(28)35)24(31-25)29-16-8-9-21-17(11-16)15(2)32-33(21)6/h8-9,11-12,14,20H,10,13H2,1-7H3,(H2,28,35)(H2,29,30,31)/t14-,20-/m1/s1. The van der Waals surface area contributed by atoms with E-state index in [4.69, 9.17) is 15.2 Å². The zero-order chi connectivity index (χ0) is 27.5. The van der Waals surface area contributed by atoms with Crippen molar-refractivity contribution >= 4 is 40.1 Å². The molecule has 0 aliphatic carbocycles. The minimum Gasteiger partial charge on any atom is -0.460 e. The highest BCUT2D eigenvalue weighted by Gasteiger charge is 2.26. The van der Waals surface area contributed by atoms with Gasteiger partial charge in [0.25, 0.3) is 5.91 Å². The summed E-state index contributed by atoms with van der Waals surface area (Å²) in [6.07, 6.45) is 0.0921. The normalized spacial score (nSPS) is 13.3. The van der Waals surface area contributed by atoms with Gasteiger partial charge in [0.1, 0.15) is 11.4 Å². The second-order valence-corrected chi connectivity index (χ2v) is 10.1. The van der Waals surface area contributed by atoms with Gasteiger partial charge in [0.05, 0.1) is 35.8 Å². The SMILES string of the molecule is COC[C@@H](Nc1nc(Nc2ccc3c(c2)c(C)nn3C)c(C(N)=O)cc1F)[C@H](C)CC(=O)OC(C)(C)C. The van der Waals surface area contributed by atoms with Crippen molar-refractivity contribution in [2.75, 3.05) is 24.4 Å². The first kappa shape index (κ1) is 27.9. The summed E-state index contributed by atoms with van der Waals surface area (Å²) in [6, 6.07) is 6.13. The molecule has 0 bridgehead atoms. The number of rotatable bonds is 10. The lowest BCUT2D eigenvalue weighted by atomic mass is 9.98. The maximum absolute atomic E-state index is 15.0. The Balaban J connectivity index is 1.90. The smallest absolute Gasteiger partial charge is 0.306 e. The molecule has 0 radical (unpaired) electrons. The molecule has 2 atom stereocenters. The molecule has 0 aliphatic heterocycles. The molecule has 10 nitrogen and oxygen atoms in total. The highest BCUT2D eigenvalue weighted by Crippen LogP contribution is 2.28. The number of fused-ring (bicyclic) bond motifs is 1. The second-order valence-electron chi connectivity index (χ2n) is 10.1. The van der Waals surface area contributed by atoms with Gasteiger partial charge >= 0.3 is 5.97 Å². The van der Waals surface area contributed by atoms with Crippen molar-refractivity contribution in [1.29, 1.82) is 0 Å². The van der Waals surface area contributed by atoms with Crippen molar-refractivity contribution in [3.8, 4) is 0 Å². The summed E-state index contributed by atoms with van der Waals surface area (Å²) < 4.78 is 27.5. The summed E-state index contributed by atoms with van der Waals surface area (Å²) in [4.78, 5) is 28.8. The van der Waals surface area contributed by atoms with Crippen LogP contribution in [0.1, 0.15) is 50.2 Å². The molecule has 3 rings (SSSR count). The molecule has 0 aliphatic rings. The van der Waals surface area contributed by atoms with Gasteiger partial charge < -0.3 is 25.8 Å². The number of hydrogen-bond donors (Lipinski definition) is 3. The lowest BCUT2D eigenvalue weighted by Gasteiger charge is -2.27. The van der Waals surface area contributed by atoms with Crippen LogP contribution < -0.4 is 16.4 Å². The average molecular weight is 515 g/mol. The van der Waals surface area contributed by atoms with E-state index in [1.807, 2.05) is 39.1 Å². The fraction of sp³-hybridized carbons (Fsp3) is 0.462. The number of ether oxygens (including phenoxy) is 2. The third-order valence-electron chi connectivity index (χ3n) is 5.80. The summed E-state index contributed by atoms with van der Waals surface area (Å²) >= 11 is 0. The fourth-order valence-electron chi connectivity index (χ4n) is 4.02. The Kier molecular flexibility index (Phi) is 8.37. The lowest BCUT2D eigenvalue weighted by molar-refractivity contribution is -0.156. The number of anilines is 3. The van der Waals surface area contributed by atoms with Crippen LogP contribution in [0.25, 0.3) is 10.9 Å². The molecule has 37 heavy (non-hydrogen) atoms. The number of aryl methyl sites for hydroxylation is 2. The van der Waals surface area contributed by atoms with Gasteiger partial charge in [0.2, 0.25) is 0 Å². The first-order chi connectivity index (χ1) is 17.3. The van der Waals surface area contributed by atoms with Crippen molar-refractivity contribution < 1.29 is 23.5 Å². The van der Waals surface area contributed by atoms with E-state index in [2.05, 4.69) is 20.7 Å². The summed E-state index contributed by atoms with van der Waals surface area (Å²) in [5.74, 6) is -2.25. The number of benzene rings is 1. The summed E-state index contributed by atoms with van der Waals surface area (Å²) in [5, 5.41) is 11.4. The van der Waals surface area contributed by atoms with Gasteiger partial charge in [-0.05, 0) is 57.9 Å². The van der Waals surface area contributed by atoms with Crippen LogP contribution in [0.4, 0.5) is 21.7 Å². The molecule has 11 heteroatoms. The number of primary amides is 1. The van der Waals surface area contributed by atoms with Crippen LogP contribution in [0.3, 0.4) is 0 Å². The van der Waals surface area contributed by atoms with Crippen molar-refractivity contribution in [3.05, 3.63) is 41.3 Å². The Morgan fingerprint density at radius 2 is 1.92 bits per heavy atom. The van der Waals surface area contributed by atoms with Crippen LogP contribution in [-0.2, 0) is 21.3 Å². The first-order valence-electron chi connectivity index (χ1n) is 12.0. The van der Waals surface area contributed by atoms with Gasteiger partial charge in [-0.3, -0.25) is 14.3 Å². The second kappa shape index (κ2) is 11.1. The Hall–Kier alpha value is -3.73. The van der Waals surface area contributed by atoms with Gasteiger partial charge in [0.15, 0.2) is 11.6 Å². The predicted octanol–water partition coefficient (Wildman–Crippen LogP) is 4.05. The molecule has 0 fully saturated rings. The maximum Gasteiger partial charge on any atom is 0.306 e. The molecular formula is C26H35FN6O4. The number of hydrogen-bond acceptors (Lipinski definition) is 8. The average Bonchev–Trinajstić information content (AvgIpc) is 3.06. The van der Waals surface area contributed by atoms with E-state index in [1.165, 1.54) is 7.11 Å². The largest absolute Gasteiger partial charge is 0.460 e. The van der Waals surface area contributed by atoms with Crippen molar-refractivity contribution in [2.24, 2.45) is 18.7 Å². The number of halogens is 1.